The second kappa shape index (κ2) is 7.29. The lowest BCUT2D eigenvalue weighted by Gasteiger charge is -2.35. The molecule has 0 aliphatic heterocycles. The van der Waals surface area contributed by atoms with E-state index >= 15 is 0 Å². The molecule has 0 aliphatic rings. The molecule has 11 heteroatoms. The van der Waals surface area contributed by atoms with Gasteiger partial charge in [0, 0.05) is 20.3 Å². The van der Waals surface area contributed by atoms with Crippen molar-refractivity contribution in [3.05, 3.63) is 29.3 Å². The van der Waals surface area contributed by atoms with E-state index in [2.05, 4.69) is 9.47 Å². The first kappa shape index (κ1) is 20.1. The van der Waals surface area contributed by atoms with Gasteiger partial charge < -0.3 is 14.8 Å². The quantitative estimate of drug-likeness (QED) is 0.490. The number of benzene rings is 1. The van der Waals surface area contributed by atoms with Crippen LogP contribution in [0.5, 0.6) is 0 Å². The molecule has 0 radical (unpaired) electrons. The molecular formula is C13H10ClF5N2O3. The Morgan fingerprint density at radius 3 is 2.21 bits per heavy atom. The van der Waals surface area contributed by atoms with Crippen LogP contribution < -0.4 is 5.32 Å². The average molecular weight is 373 g/mol. The number of amides is 1. The topological polar surface area (TPSA) is 71.3 Å². The number of alkyl halides is 4. The van der Waals surface area contributed by atoms with E-state index in [4.69, 9.17) is 16.9 Å². The van der Waals surface area contributed by atoms with Crippen LogP contribution in [0, 0.1) is 23.0 Å². The van der Waals surface area contributed by atoms with Crippen LogP contribution in [0.25, 0.3) is 0 Å². The number of nitrogens with zero attached hydrogens (tertiary/aromatic N) is 1. The molecule has 0 bridgehead atoms. The predicted molar refractivity (Wildman–Crippen MR) is 72.1 cm³/mol. The van der Waals surface area contributed by atoms with Crippen LogP contribution in [0.3, 0.4) is 0 Å². The molecule has 132 valence electrons. The van der Waals surface area contributed by atoms with Gasteiger partial charge in [-0.3, -0.25) is 4.79 Å². The van der Waals surface area contributed by atoms with Crippen molar-refractivity contribution in [2.24, 2.45) is 0 Å². The third-order valence-corrected chi connectivity index (χ3v) is 3.49. The number of anilines is 1. The Hall–Kier alpha value is -1.96. The van der Waals surface area contributed by atoms with E-state index in [-0.39, 0.29) is 0 Å². The van der Waals surface area contributed by atoms with Gasteiger partial charge in [0.2, 0.25) is 5.91 Å². The van der Waals surface area contributed by atoms with E-state index in [0.29, 0.717) is 26.4 Å². The smallest absolute Gasteiger partial charge is 0.344 e. The van der Waals surface area contributed by atoms with Gasteiger partial charge in [0.1, 0.15) is 17.7 Å². The monoisotopic (exact) mass is 372 g/mol. The molecule has 0 aromatic heterocycles. The van der Waals surface area contributed by atoms with Crippen molar-refractivity contribution < 1.29 is 36.2 Å². The largest absolute Gasteiger partial charge is 0.445 e. The Bertz CT molecular complexity index is 671. The Morgan fingerprint density at radius 1 is 1.25 bits per heavy atom. The summed E-state index contributed by atoms with van der Waals surface area (Å²) in [5, 5.41) is 7.75. The molecular weight excluding hydrogens is 363 g/mol. The molecule has 0 heterocycles. The van der Waals surface area contributed by atoms with Gasteiger partial charge in [0.05, 0.1) is 11.3 Å². The van der Waals surface area contributed by atoms with E-state index in [9.17, 15) is 26.7 Å². The number of carbonyl (C=O) groups excluding carboxylic acids is 1. The summed E-state index contributed by atoms with van der Waals surface area (Å²) < 4.78 is 74.8. The fourth-order valence-electron chi connectivity index (χ4n) is 1.76. The number of rotatable bonds is 5. The SMILES string of the molecule is COC(OC)(C(Cl)C(=O)Nc1cc(F)c(C#N)cc1F)C(F)(F)F. The number of hydrogen-bond acceptors (Lipinski definition) is 4. The zero-order chi connectivity index (χ0) is 18.7. The highest BCUT2D eigenvalue weighted by Crippen LogP contribution is 2.39. The minimum Gasteiger partial charge on any atom is -0.344 e. The van der Waals surface area contributed by atoms with E-state index in [1.807, 2.05) is 0 Å². The molecule has 1 aromatic rings. The molecule has 0 aliphatic carbocycles. The average Bonchev–Trinajstić information content (AvgIpc) is 2.50. The Balaban J connectivity index is 3.15. The van der Waals surface area contributed by atoms with Crippen molar-refractivity contribution in [3.8, 4) is 6.07 Å². The van der Waals surface area contributed by atoms with Crippen LogP contribution in [-0.2, 0) is 14.3 Å². The lowest BCUT2D eigenvalue weighted by Crippen LogP contribution is -2.59. The van der Waals surface area contributed by atoms with Crippen molar-refractivity contribution in [1.29, 1.82) is 5.26 Å². The summed E-state index contributed by atoms with van der Waals surface area (Å²) in [4.78, 5) is 11.9. The summed E-state index contributed by atoms with van der Waals surface area (Å²) in [7, 11) is 1.23. The molecule has 1 aromatic carbocycles. The zero-order valence-electron chi connectivity index (χ0n) is 12.2. The van der Waals surface area contributed by atoms with Crippen LogP contribution in [-0.4, -0.2) is 37.5 Å². The van der Waals surface area contributed by atoms with Gasteiger partial charge in [-0.2, -0.15) is 18.4 Å². The minimum atomic E-state index is -5.20. The third-order valence-electron chi connectivity index (χ3n) is 3.00. The highest BCUT2D eigenvalue weighted by Gasteiger charge is 2.63. The van der Waals surface area contributed by atoms with Gasteiger partial charge >= 0.3 is 6.18 Å². The molecule has 0 saturated heterocycles. The van der Waals surface area contributed by atoms with Gasteiger partial charge in [-0.1, -0.05) is 0 Å². The molecule has 1 amide bonds. The summed E-state index contributed by atoms with van der Waals surface area (Å²) in [6, 6.07) is 2.26. The lowest BCUT2D eigenvalue weighted by atomic mass is 10.1. The lowest BCUT2D eigenvalue weighted by molar-refractivity contribution is -0.363. The highest BCUT2D eigenvalue weighted by molar-refractivity contribution is 6.33. The standard InChI is InChI=1S/C13H10ClF5N2O3/c1-23-12(24-2,13(17,18)19)10(14)11(22)21-9-4-7(15)6(5-20)3-8(9)16/h3-4,10H,1-2H3,(H,21,22). The normalized spacial score (nSPS) is 13.3. The van der Waals surface area contributed by atoms with E-state index in [1.54, 1.807) is 5.32 Å². The van der Waals surface area contributed by atoms with Gasteiger partial charge in [-0.25, -0.2) is 8.78 Å². The number of carbonyl (C=O) groups is 1. The van der Waals surface area contributed by atoms with Crippen LogP contribution in [0.1, 0.15) is 5.56 Å². The number of ether oxygens (including phenoxy) is 2. The fraction of sp³-hybridized carbons (Fsp3) is 0.385. The van der Waals surface area contributed by atoms with Crippen molar-refractivity contribution in [2.75, 3.05) is 19.5 Å². The molecule has 1 rings (SSSR count). The maximum absolute atomic E-state index is 13.7. The molecule has 0 spiro atoms. The first-order valence-corrected chi connectivity index (χ1v) is 6.48. The fourth-order valence-corrected chi connectivity index (χ4v) is 2.12. The first-order valence-electron chi connectivity index (χ1n) is 6.05. The van der Waals surface area contributed by atoms with Crippen molar-refractivity contribution in [2.45, 2.75) is 17.3 Å². The van der Waals surface area contributed by atoms with Gasteiger partial charge in [-0.05, 0) is 6.07 Å². The Morgan fingerprint density at radius 2 is 1.79 bits per heavy atom. The van der Waals surface area contributed by atoms with Crippen LogP contribution >= 0.6 is 11.6 Å². The summed E-state index contributed by atoms with van der Waals surface area (Å²) in [5.41, 5.74) is -1.45. The molecule has 5 nitrogen and oxygen atoms in total. The van der Waals surface area contributed by atoms with E-state index in [1.165, 1.54) is 6.07 Å². The molecule has 1 N–H and O–H groups in total. The Labute approximate surface area is 137 Å². The highest BCUT2D eigenvalue weighted by atomic mass is 35.5. The summed E-state index contributed by atoms with van der Waals surface area (Å²) in [6.07, 6.45) is -5.20. The van der Waals surface area contributed by atoms with Crippen molar-refractivity contribution in [3.63, 3.8) is 0 Å². The number of nitriles is 1. The maximum Gasteiger partial charge on any atom is 0.445 e. The zero-order valence-corrected chi connectivity index (χ0v) is 12.9. The van der Waals surface area contributed by atoms with Gasteiger partial charge in [0.25, 0.3) is 5.79 Å². The van der Waals surface area contributed by atoms with E-state index in [0.717, 1.165) is 0 Å². The second-order valence-corrected chi connectivity index (χ2v) is 4.79. The molecule has 1 unspecified atom stereocenters. The number of methoxy groups -OCH3 is 2. The van der Waals surface area contributed by atoms with Crippen molar-refractivity contribution >= 4 is 23.2 Å². The maximum atomic E-state index is 13.7. The number of halogens is 6. The molecule has 0 fully saturated rings. The summed E-state index contributed by atoms with van der Waals surface area (Å²) in [5.74, 6) is -7.47. The number of hydrogen-bond donors (Lipinski definition) is 1. The van der Waals surface area contributed by atoms with Gasteiger partial charge in [-0.15, -0.1) is 11.6 Å². The number of nitrogens with one attached hydrogen (secondary N) is 1. The molecule has 24 heavy (non-hydrogen) atoms. The third kappa shape index (κ3) is 3.58. The van der Waals surface area contributed by atoms with Crippen LogP contribution in [0.4, 0.5) is 27.6 Å². The van der Waals surface area contributed by atoms with E-state index < -0.39 is 46.1 Å². The molecule has 1 atom stereocenters. The predicted octanol–water partition coefficient (Wildman–Crippen LogP) is 2.93. The first-order chi connectivity index (χ1) is 11.0. The Kier molecular flexibility index (Phi) is 6.10. The summed E-state index contributed by atoms with van der Waals surface area (Å²) in [6.45, 7) is 0. The molecule has 0 saturated carbocycles. The minimum absolute atomic E-state index is 0.435. The van der Waals surface area contributed by atoms with Gasteiger partial charge in [0.15, 0.2) is 5.38 Å². The van der Waals surface area contributed by atoms with Crippen LogP contribution in [0.15, 0.2) is 12.1 Å². The second-order valence-electron chi connectivity index (χ2n) is 4.35. The summed E-state index contributed by atoms with van der Waals surface area (Å²) >= 11 is 5.49. The van der Waals surface area contributed by atoms with Crippen LogP contribution in [0.2, 0.25) is 0 Å². The van der Waals surface area contributed by atoms with Crippen molar-refractivity contribution in [1.82, 2.24) is 0 Å².